The van der Waals surface area contributed by atoms with E-state index in [-0.39, 0.29) is 0 Å². The fourth-order valence-electron chi connectivity index (χ4n) is 0.377. The molecule has 0 saturated carbocycles. The zero-order valence-electron chi connectivity index (χ0n) is 6.66. The van der Waals surface area contributed by atoms with Gasteiger partial charge in [0, 0.05) is 5.92 Å². The SMILES string of the molecule is C=CC(=O)NC(O)(O)C(C)C. The minimum atomic E-state index is -2.15. The molecule has 0 aliphatic heterocycles. The van der Waals surface area contributed by atoms with Crippen LogP contribution >= 0.6 is 0 Å². The summed E-state index contributed by atoms with van der Waals surface area (Å²) in [5.41, 5.74) is 0. The van der Waals surface area contributed by atoms with E-state index in [0.717, 1.165) is 6.08 Å². The molecular weight excluding hydrogens is 146 g/mol. The highest BCUT2D eigenvalue weighted by atomic mass is 16.5. The third kappa shape index (κ3) is 3.15. The first kappa shape index (κ1) is 10.1. The first-order valence-electron chi connectivity index (χ1n) is 3.29. The first-order chi connectivity index (χ1) is 4.90. The monoisotopic (exact) mass is 159 g/mol. The molecule has 0 bridgehead atoms. The van der Waals surface area contributed by atoms with Crippen molar-refractivity contribution >= 4 is 5.91 Å². The quantitative estimate of drug-likeness (QED) is 0.387. The summed E-state index contributed by atoms with van der Waals surface area (Å²) in [4.78, 5) is 10.6. The molecule has 0 aliphatic rings. The van der Waals surface area contributed by atoms with Gasteiger partial charge in [0.25, 0.3) is 0 Å². The minimum Gasteiger partial charge on any atom is -0.349 e. The van der Waals surface area contributed by atoms with Crippen molar-refractivity contribution in [2.24, 2.45) is 5.92 Å². The van der Waals surface area contributed by atoms with Gasteiger partial charge in [0.2, 0.25) is 11.8 Å². The lowest BCUT2D eigenvalue weighted by atomic mass is 10.1. The number of hydrogen-bond acceptors (Lipinski definition) is 3. The average molecular weight is 159 g/mol. The van der Waals surface area contributed by atoms with Crippen LogP contribution in [0.1, 0.15) is 13.8 Å². The average Bonchev–Trinajstić information content (AvgIpc) is 1.86. The number of carbonyl (C=O) groups excluding carboxylic acids is 1. The van der Waals surface area contributed by atoms with Gasteiger partial charge in [0.15, 0.2) is 0 Å². The lowest BCUT2D eigenvalue weighted by molar-refractivity contribution is -0.213. The molecule has 0 fully saturated rings. The van der Waals surface area contributed by atoms with E-state index in [1.807, 2.05) is 5.32 Å². The Hall–Kier alpha value is -0.870. The molecule has 0 unspecified atom stereocenters. The summed E-state index contributed by atoms with van der Waals surface area (Å²) in [7, 11) is 0. The highest BCUT2D eigenvalue weighted by Gasteiger charge is 2.28. The Balaban J connectivity index is 4.11. The number of amides is 1. The Kier molecular flexibility index (Phi) is 3.22. The van der Waals surface area contributed by atoms with Crippen molar-refractivity contribution in [1.82, 2.24) is 5.32 Å². The van der Waals surface area contributed by atoms with Crippen LogP contribution in [0.15, 0.2) is 12.7 Å². The Morgan fingerprint density at radius 1 is 1.64 bits per heavy atom. The van der Waals surface area contributed by atoms with Crippen LogP contribution in [0.4, 0.5) is 0 Å². The van der Waals surface area contributed by atoms with Crippen LogP contribution in [0.3, 0.4) is 0 Å². The van der Waals surface area contributed by atoms with Gasteiger partial charge < -0.3 is 15.5 Å². The third-order valence-corrected chi connectivity index (χ3v) is 1.30. The van der Waals surface area contributed by atoms with E-state index in [9.17, 15) is 4.79 Å². The molecule has 0 aromatic heterocycles. The van der Waals surface area contributed by atoms with Gasteiger partial charge in [0.1, 0.15) is 0 Å². The topological polar surface area (TPSA) is 69.6 Å². The summed E-state index contributed by atoms with van der Waals surface area (Å²) >= 11 is 0. The Labute approximate surface area is 65.5 Å². The van der Waals surface area contributed by atoms with Crippen LogP contribution in [0, 0.1) is 5.92 Å². The second-order valence-electron chi connectivity index (χ2n) is 2.57. The molecule has 0 spiro atoms. The maximum absolute atomic E-state index is 10.6. The second kappa shape index (κ2) is 3.50. The summed E-state index contributed by atoms with van der Waals surface area (Å²) in [5.74, 6) is -3.22. The summed E-state index contributed by atoms with van der Waals surface area (Å²) in [5, 5.41) is 20.1. The molecule has 0 aliphatic carbocycles. The Morgan fingerprint density at radius 2 is 2.09 bits per heavy atom. The van der Waals surface area contributed by atoms with Gasteiger partial charge in [-0.15, -0.1) is 0 Å². The Bertz CT molecular complexity index is 163. The van der Waals surface area contributed by atoms with Gasteiger partial charge in [-0.25, -0.2) is 0 Å². The minimum absolute atomic E-state index is 0.466. The predicted molar refractivity (Wildman–Crippen MR) is 40.3 cm³/mol. The standard InChI is InChI=1S/C7H13NO3/c1-4-6(9)8-7(10,11)5(2)3/h4-5,10-11H,1H2,2-3H3,(H,8,9). The molecule has 0 rings (SSSR count). The molecule has 4 heteroatoms. The fourth-order valence-corrected chi connectivity index (χ4v) is 0.377. The van der Waals surface area contributed by atoms with E-state index in [0.29, 0.717) is 0 Å². The zero-order valence-corrected chi connectivity index (χ0v) is 6.66. The molecule has 0 radical (unpaired) electrons. The van der Waals surface area contributed by atoms with Gasteiger partial charge >= 0.3 is 0 Å². The maximum atomic E-state index is 10.6. The highest BCUT2D eigenvalue weighted by Crippen LogP contribution is 2.08. The Morgan fingerprint density at radius 3 is 2.36 bits per heavy atom. The number of aliphatic hydroxyl groups is 2. The lowest BCUT2D eigenvalue weighted by Crippen LogP contribution is -2.51. The fraction of sp³-hybridized carbons (Fsp3) is 0.571. The largest absolute Gasteiger partial charge is 0.349 e. The van der Waals surface area contributed by atoms with Gasteiger partial charge in [-0.1, -0.05) is 20.4 Å². The van der Waals surface area contributed by atoms with Crippen molar-refractivity contribution in [3.8, 4) is 0 Å². The molecule has 11 heavy (non-hydrogen) atoms. The molecule has 0 saturated heterocycles. The summed E-state index contributed by atoms with van der Waals surface area (Å²) in [6.07, 6.45) is 0.976. The molecule has 0 aromatic carbocycles. The van der Waals surface area contributed by atoms with Crippen molar-refractivity contribution in [1.29, 1.82) is 0 Å². The number of hydrogen-bond donors (Lipinski definition) is 3. The zero-order chi connectivity index (χ0) is 9.07. The van der Waals surface area contributed by atoms with Crippen molar-refractivity contribution in [2.45, 2.75) is 19.8 Å². The van der Waals surface area contributed by atoms with Crippen LogP contribution in [0.25, 0.3) is 0 Å². The van der Waals surface area contributed by atoms with Crippen molar-refractivity contribution < 1.29 is 15.0 Å². The first-order valence-corrected chi connectivity index (χ1v) is 3.29. The van der Waals surface area contributed by atoms with Gasteiger partial charge in [-0.2, -0.15) is 0 Å². The van der Waals surface area contributed by atoms with Crippen LogP contribution in [-0.4, -0.2) is 22.0 Å². The van der Waals surface area contributed by atoms with E-state index in [1.54, 1.807) is 13.8 Å². The van der Waals surface area contributed by atoms with E-state index in [2.05, 4.69) is 6.58 Å². The highest BCUT2D eigenvalue weighted by molar-refractivity contribution is 5.87. The number of nitrogens with one attached hydrogen (secondary N) is 1. The van der Waals surface area contributed by atoms with Crippen LogP contribution in [0.5, 0.6) is 0 Å². The summed E-state index contributed by atoms with van der Waals surface area (Å²) in [6, 6.07) is 0. The molecule has 0 heterocycles. The van der Waals surface area contributed by atoms with Crippen molar-refractivity contribution in [3.63, 3.8) is 0 Å². The molecule has 3 N–H and O–H groups in total. The predicted octanol–water partition coefficient (Wildman–Crippen LogP) is -0.417. The molecule has 64 valence electrons. The van der Waals surface area contributed by atoms with E-state index in [4.69, 9.17) is 10.2 Å². The van der Waals surface area contributed by atoms with Crippen molar-refractivity contribution in [3.05, 3.63) is 12.7 Å². The summed E-state index contributed by atoms with van der Waals surface area (Å²) < 4.78 is 0. The molecule has 0 atom stereocenters. The van der Waals surface area contributed by atoms with Crippen LogP contribution < -0.4 is 5.32 Å². The maximum Gasteiger partial charge on any atom is 0.248 e. The summed E-state index contributed by atoms with van der Waals surface area (Å²) in [6.45, 7) is 6.32. The second-order valence-corrected chi connectivity index (χ2v) is 2.57. The molecule has 1 amide bonds. The normalized spacial score (nSPS) is 11.4. The van der Waals surface area contributed by atoms with Crippen LogP contribution in [0.2, 0.25) is 0 Å². The molecule has 0 aromatic rings. The molecular formula is C7H13NO3. The third-order valence-electron chi connectivity index (χ3n) is 1.30. The lowest BCUT2D eigenvalue weighted by Gasteiger charge is -2.25. The van der Waals surface area contributed by atoms with Gasteiger partial charge in [-0.05, 0) is 6.08 Å². The van der Waals surface area contributed by atoms with Crippen LogP contribution in [-0.2, 0) is 4.79 Å². The smallest absolute Gasteiger partial charge is 0.248 e. The number of rotatable bonds is 3. The number of carbonyl (C=O) groups is 1. The van der Waals surface area contributed by atoms with E-state index >= 15 is 0 Å². The molecule has 4 nitrogen and oxygen atoms in total. The van der Waals surface area contributed by atoms with E-state index < -0.39 is 17.7 Å². The van der Waals surface area contributed by atoms with Gasteiger partial charge in [0.05, 0.1) is 0 Å². The van der Waals surface area contributed by atoms with E-state index in [1.165, 1.54) is 0 Å². The van der Waals surface area contributed by atoms with Crippen molar-refractivity contribution in [2.75, 3.05) is 0 Å². The van der Waals surface area contributed by atoms with Gasteiger partial charge in [-0.3, -0.25) is 4.79 Å².